The summed E-state index contributed by atoms with van der Waals surface area (Å²) >= 11 is 0. The first-order valence-electron chi connectivity index (χ1n) is 7.36. The Morgan fingerprint density at radius 2 is 2.22 bits per heavy atom. The molecule has 4 nitrogen and oxygen atoms in total. The molecule has 2 atom stereocenters. The van der Waals surface area contributed by atoms with Gasteiger partial charge in [0.1, 0.15) is 0 Å². The number of rotatable bonds is 9. The number of ether oxygens (including phenoxy) is 2. The van der Waals surface area contributed by atoms with Crippen molar-refractivity contribution >= 4 is 0 Å². The van der Waals surface area contributed by atoms with Crippen LogP contribution in [-0.4, -0.2) is 63.5 Å². The van der Waals surface area contributed by atoms with Crippen LogP contribution in [0.2, 0.25) is 0 Å². The van der Waals surface area contributed by atoms with Crippen LogP contribution in [0.5, 0.6) is 0 Å². The average Bonchev–Trinajstić information content (AvgIpc) is 2.37. The molecule has 2 unspecified atom stereocenters. The summed E-state index contributed by atoms with van der Waals surface area (Å²) in [4.78, 5) is 2.51. The Balaban J connectivity index is 2.32. The van der Waals surface area contributed by atoms with Crippen molar-refractivity contribution in [3.05, 3.63) is 0 Å². The van der Waals surface area contributed by atoms with E-state index in [-0.39, 0.29) is 0 Å². The van der Waals surface area contributed by atoms with Crippen LogP contribution >= 0.6 is 0 Å². The first kappa shape index (κ1) is 15.9. The van der Waals surface area contributed by atoms with E-state index in [0.29, 0.717) is 12.1 Å². The van der Waals surface area contributed by atoms with Gasteiger partial charge in [-0.15, -0.1) is 0 Å². The number of hydrogen-bond acceptors (Lipinski definition) is 4. The van der Waals surface area contributed by atoms with Crippen molar-refractivity contribution in [3.8, 4) is 0 Å². The largest absolute Gasteiger partial charge is 0.383 e. The molecule has 0 aromatic heterocycles. The predicted molar refractivity (Wildman–Crippen MR) is 75.0 cm³/mol. The molecular formula is C14H30N2O2. The van der Waals surface area contributed by atoms with Crippen molar-refractivity contribution in [1.82, 2.24) is 10.2 Å². The zero-order valence-electron chi connectivity index (χ0n) is 12.3. The highest BCUT2D eigenvalue weighted by atomic mass is 16.5. The molecule has 1 fully saturated rings. The van der Waals surface area contributed by atoms with E-state index in [1.807, 2.05) is 0 Å². The lowest BCUT2D eigenvalue weighted by Gasteiger charge is -2.34. The van der Waals surface area contributed by atoms with E-state index in [1.165, 1.54) is 25.8 Å². The molecule has 1 aliphatic rings. The Bertz CT molecular complexity index is 200. The van der Waals surface area contributed by atoms with E-state index in [2.05, 4.69) is 24.1 Å². The maximum absolute atomic E-state index is 5.74. The number of piperidine rings is 1. The standard InChI is InChI=1S/C14H30N2O2/c1-4-8-15-13(12-17-3)10-16-9-6-7-14(11-16)18-5-2/h13-15H,4-12H2,1-3H3. The zero-order valence-corrected chi connectivity index (χ0v) is 12.3. The Hall–Kier alpha value is -0.160. The second kappa shape index (κ2) is 9.73. The highest BCUT2D eigenvalue weighted by Crippen LogP contribution is 2.13. The summed E-state index contributed by atoms with van der Waals surface area (Å²) in [7, 11) is 1.78. The molecule has 1 rings (SSSR count). The van der Waals surface area contributed by atoms with Gasteiger partial charge in [0.25, 0.3) is 0 Å². The van der Waals surface area contributed by atoms with Gasteiger partial charge >= 0.3 is 0 Å². The number of methoxy groups -OCH3 is 1. The number of likely N-dealkylation sites (tertiary alicyclic amines) is 1. The molecule has 108 valence electrons. The third-order valence-corrected chi connectivity index (χ3v) is 3.39. The molecule has 1 heterocycles. The lowest BCUT2D eigenvalue weighted by atomic mass is 10.1. The molecule has 0 radical (unpaired) electrons. The van der Waals surface area contributed by atoms with Gasteiger partial charge in [0.2, 0.25) is 0 Å². The van der Waals surface area contributed by atoms with E-state index < -0.39 is 0 Å². The lowest BCUT2D eigenvalue weighted by molar-refractivity contribution is 0.000768. The van der Waals surface area contributed by atoms with E-state index in [4.69, 9.17) is 9.47 Å². The van der Waals surface area contributed by atoms with E-state index in [0.717, 1.165) is 32.8 Å². The van der Waals surface area contributed by atoms with Crippen LogP contribution in [0.4, 0.5) is 0 Å². The van der Waals surface area contributed by atoms with Gasteiger partial charge in [0.05, 0.1) is 12.7 Å². The van der Waals surface area contributed by atoms with Crippen molar-refractivity contribution in [3.63, 3.8) is 0 Å². The van der Waals surface area contributed by atoms with Crippen LogP contribution in [0.25, 0.3) is 0 Å². The highest BCUT2D eigenvalue weighted by Gasteiger charge is 2.22. The number of nitrogens with zero attached hydrogens (tertiary/aromatic N) is 1. The van der Waals surface area contributed by atoms with Crippen LogP contribution < -0.4 is 5.32 Å². The van der Waals surface area contributed by atoms with Crippen molar-refractivity contribution in [2.45, 2.75) is 45.3 Å². The fraction of sp³-hybridized carbons (Fsp3) is 1.00. The topological polar surface area (TPSA) is 33.7 Å². The van der Waals surface area contributed by atoms with Crippen LogP contribution in [0.1, 0.15) is 33.1 Å². The summed E-state index contributed by atoms with van der Waals surface area (Å²) < 4.78 is 11.0. The molecular weight excluding hydrogens is 228 g/mol. The van der Waals surface area contributed by atoms with E-state index >= 15 is 0 Å². The maximum atomic E-state index is 5.74. The van der Waals surface area contributed by atoms with Crippen molar-refractivity contribution in [2.75, 3.05) is 46.5 Å². The van der Waals surface area contributed by atoms with Gasteiger partial charge in [-0.1, -0.05) is 6.92 Å². The maximum Gasteiger partial charge on any atom is 0.0702 e. The Morgan fingerprint density at radius 3 is 2.89 bits per heavy atom. The molecule has 1 N–H and O–H groups in total. The fourth-order valence-corrected chi connectivity index (χ4v) is 2.59. The van der Waals surface area contributed by atoms with Gasteiger partial charge in [0, 0.05) is 32.8 Å². The molecule has 18 heavy (non-hydrogen) atoms. The first-order chi connectivity index (χ1) is 8.80. The minimum Gasteiger partial charge on any atom is -0.383 e. The van der Waals surface area contributed by atoms with Crippen LogP contribution in [-0.2, 0) is 9.47 Å². The molecule has 1 saturated heterocycles. The van der Waals surface area contributed by atoms with Gasteiger partial charge in [-0.2, -0.15) is 0 Å². The molecule has 0 aromatic rings. The molecule has 0 bridgehead atoms. The van der Waals surface area contributed by atoms with Crippen molar-refractivity contribution < 1.29 is 9.47 Å². The van der Waals surface area contributed by atoms with Crippen molar-refractivity contribution in [1.29, 1.82) is 0 Å². The Kier molecular flexibility index (Phi) is 8.59. The van der Waals surface area contributed by atoms with Gasteiger partial charge < -0.3 is 14.8 Å². The van der Waals surface area contributed by atoms with Crippen LogP contribution in [0.3, 0.4) is 0 Å². The third kappa shape index (κ3) is 6.14. The molecule has 0 saturated carbocycles. The Labute approximate surface area is 112 Å². The predicted octanol–water partition coefficient (Wildman–Crippen LogP) is 1.50. The van der Waals surface area contributed by atoms with Crippen LogP contribution in [0.15, 0.2) is 0 Å². The molecule has 0 amide bonds. The van der Waals surface area contributed by atoms with Crippen LogP contribution in [0, 0.1) is 0 Å². The summed E-state index contributed by atoms with van der Waals surface area (Å²) in [5, 5.41) is 3.56. The summed E-state index contributed by atoms with van der Waals surface area (Å²) in [6.45, 7) is 10.3. The highest BCUT2D eigenvalue weighted by molar-refractivity contribution is 4.78. The van der Waals surface area contributed by atoms with E-state index in [1.54, 1.807) is 7.11 Å². The minimum atomic E-state index is 0.429. The minimum absolute atomic E-state index is 0.429. The van der Waals surface area contributed by atoms with Gasteiger partial charge in [-0.25, -0.2) is 0 Å². The summed E-state index contributed by atoms with van der Waals surface area (Å²) in [5.74, 6) is 0. The summed E-state index contributed by atoms with van der Waals surface area (Å²) in [6.07, 6.45) is 4.06. The van der Waals surface area contributed by atoms with Gasteiger partial charge in [-0.3, -0.25) is 4.90 Å². The fourth-order valence-electron chi connectivity index (χ4n) is 2.59. The smallest absolute Gasteiger partial charge is 0.0702 e. The SMILES string of the molecule is CCCNC(COC)CN1CCCC(OCC)C1. The van der Waals surface area contributed by atoms with Crippen molar-refractivity contribution in [2.24, 2.45) is 0 Å². The number of nitrogens with one attached hydrogen (secondary N) is 1. The molecule has 0 aromatic carbocycles. The third-order valence-electron chi connectivity index (χ3n) is 3.39. The average molecular weight is 258 g/mol. The normalized spacial score (nSPS) is 23.2. The lowest BCUT2D eigenvalue weighted by Crippen LogP contribution is -2.48. The monoisotopic (exact) mass is 258 g/mol. The number of hydrogen-bond donors (Lipinski definition) is 1. The van der Waals surface area contributed by atoms with Gasteiger partial charge in [0.15, 0.2) is 0 Å². The molecule has 4 heteroatoms. The molecule has 1 aliphatic heterocycles. The second-order valence-electron chi connectivity index (χ2n) is 5.09. The zero-order chi connectivity index (χ0) is 13.2. The Morgan fingerprint density at radius 1 is 1.39 bits per heavy atom. The molecule has 0 aliphatic carbocycles. The first-order valence-corrected chi connectivity index (χ1v) is 7.36. The summed E-state index contributed by atoms with van der Waals surface area (Å²) in [6, 6.07) is 0.440. The molecule has 0 spiro atoms. The second-order valence-corrected chi connectivity index (χ2v) is 5.09. The van der Waals surface area contributed by atoms with Gasteiger partial charge in [-0.05, 0) is 39.3 Å². The van der Waals surface area contributed by atoms with E-state index in [9.17, 15) is 0 Å². The summed E-state index contributed by atoms with van der Waals surface area (Å²) in [5.41, 5.74) is 0. The quantitative estimate of drug-likeness (QED) is 0.679.